The van der Waals surface area contributed by atoms with Crippen LogP contribution in [0.1, 0.15) is 20.3 Å². The number of carbonyl (C=O) groups excluding carboxylic acids is 1. The zero-order chi connectivity index (χ0) is 13.6. The highest BCUT2D eigenvalue weighted by Gasteiger charge is 2.31. The zero-order valence-electron chi connectivity index (χ0n) is 12.2. The van der Waals surface area contributed by atoms with Crippen molar-refractivity contribution >= 4 is 5.91 Å². The third-order valence-electron chi connectivity index (χ3n) is 3.65. The summed E-state index contributed by atoms with van der Waals surface area (Å²) in [6.45, 7) is 9.23. The van der Waals surface area contributed by atoms with Crippen molar-refractivity contribution in [1.29, 1.82) is 0 Å². The minimum atomic E-state index is -0.471. The highest BCUT2D eigenvalue weighted by molar-refractivity contribution is 5.85. The quantitative estimate of drug-likeness (QED) is 0.762. The van der Waals surface area contributed by atoms with E-state index < -0.39 is 5.54 Å². The Morgan fingerprint density at radius 1 is 1.28 bits per heavy atom. The Bertz CT molecular complexity index is 269. The van der Waals surface area contributed by atoms with Crippen molar-refractivity contribution < 1.29 is 9.53 Å². The summed E-state index contributed by atoms with van der Waals surface area (Å²) in [6, 6.07) is 0. The highest BCUT2D eigenvalue weighted by Crippen LogP contribution is 2.11. The molecule has 1 amide bonds. The van der Waals surface area contributed by atoms with E-state index in [-0.39, 0.29) is 5.91 Å². The van der Waals surface area contributed by atoms with E-state index in [0.717, 1.165) is 45.8 Å². The van der Waals surface area contributed by atoms with Crippen molar-refractivity contribution in [3.05, 3.63) is 0 Å². The van der Waals surface area contributed by atoms with E-state index in [1.54, 1.807) is 7.11 Å². The van der Waals surface area contributed by atoms with Crippen molar-refractivity contribution in [2.45, 2.75) is 25.8 Å². The predicted molar refractivity (Wildman–Crippen MR) is 72.7 cm³/mol. The second kappa shape index (κ2) is 7.07. The van der Waals surface area contributed by atoms with Gasteiger partial charge in [0.2, 0.25) is 5.91 Å². The molecule has 106 valence electrons. The Kier molecular flexibility index (Phi) is 6.05. The van der Waals surface area contributed by atoms with Gasteiger partial charge in [0, 0.05) is 33.3 Å². The number of rotatable bonds is 5. The van der Waals surface area contributed by atoms with E-state index in [9.17, 15) is 4.79 Å². The van der Waals surface area contributed by atoms with Crippen LogP contribution < -0.4 is 5.32 Å². The fourth-order valence-electron chi connectivity index (χ4n) is 2.12. The fourth-order valence-corrected chi connectivity index (χ4v) is 2.12. The zero-order valence-corrected chi connectivity index (χ0v) is 12.2. The summed E-state index contributed by atoms with van der Waals surface area (Å²) in [7, 11) is 3.56. The van der Waals surface area contributed by atoms with Gasteiger partial charge in [-0.05, 0) is 33.9 Å². The molecule has 0 bridgehead atoms. The average molecular weight is 257 g/mol. The molecule has 1 N–H and O–H groups in total. The first-order valence-electron chi connectivity index (χ1n) is 6.71. The van der Waals surface area contributed by atoms with Gasteiger partial charge in [-0.3, -0.25) is 9.69 Å². The lowest BCUT2D eigenvalue weighted by Gasteiger charge is -2.31. The number of nitrogens with one attached hydrogen (secondary N) is 1. The number of ether oxygens (including phenoxy) is 1. The van der Waals surface area contributed by atoms with Gasteiger partial charge in [0.15, 0.2) is 0 Å². The second-order valence-electron chi connectivity index (χ2n) is 5.36. The van der Waals surface area contributed by atoms with Crippen LogP contribution in [-0.2, 0) is 9.53 Å². The summed E-state index contributed by atoms with van der Waals surface area (Å²) in [4.78, 5) is 16.7. The third-order valence-corrected chi connectivity index (χ3v) is 3.65. The van der Waals surface area contributed by atoms with Gasteiger partial charge < -0.3 is 15.0 Å². The van der Waals surface area contributed by atoms with E-state index >= 15 is 0 Å². The number of methoxy groups -OCH3 is 1. The molecule has 1 aliphatic heterocycles. The fraction of sp³-hybridized carbons (Fsp3) is 0.923. The van der Waals surface area contributed by atoms with Crippen LogP contribution in [0.3, 0.4) is 0 Å². The molecule has 0 saturated carbocycles. The maximum absolute atomic E-state index is 12.3. The van der Waals surface area contributed by atoms with Crippen molar-refractivity contribution in [2.75, 3.05) is 53.5 Å². The van der Waals surface area contributed by atoms with Gasteiger partial charge in [0.05, 0.1) is 12.1 Å². The molecule has 0 radical (unpaired) electrons. The van der Waals surface area contributed by atoms with Crippen molar-refractivity contribution in [3.63, 3.8) is 0 Å². The first-order valence-corrected chi connectivity index (χ1v) is 6.71. The average Bonchev–Trinajstić information content (AvgIpc) is 2.60. The molecule has 0 spiro atoms. The molecular formula is C13H27N3O2. The van der Waals surface area contributed by atoms with E-state index in [0.29, 0.717) is 0 Å². The Morgan fingerprint density at radius 2 is 2.00 bits per heavy atom. The number of hydrogen-bond acceptors (Lipinski definition) is 4. The van der Waals surface area contributed by atoms with Gasteiger partial charge >= 0.3 is 0 Å². The summed E-state index contributed by atoms with van der Waals surface area (Å²) in [5.74, 6) is 0.193. The standard InChI is InChI=1S/C13H27N3O2/c1-13(2,14-3)12(17)16-7-5-6-15(8-9-16)10-11-18-4/h14H,5-11H2,1-4H3. The van der Waals surface area contributed by atoms with Gasteiger partial charge in [0.25, 0.3) is 0 Å². The summed E-state index contributed by atoms with van der Waals surface area (Å²) >= 11 is 0. The predicted octanol–water partition coefficient (Wildman–Crippen LogP) is 0.165. The van der Waals surface area contributed by atoms with Gasteiger partial charge in [-0.2, -0.15) is 0 Å². The smallest absolute Gasteiger partial charge is 0.242 e. The lowest BCUT2D eigenvalue weighted by atomic mass is 10.0. The molecule has 1 saturated heterocycles. The summed E-state index contributed by atoms with van der Waals surface area (Å²) in [5, 5.41) is 3.08. The van der Waals surface area contributed by atoms with E-state index in [2.05, 4.69) is 10.2 Å². The lowest BCUT2D eigenvalue weighted by molar-refractivity contribution is -0.136. The molecule has 1 rings (SSSR count). The molecule has 0 atom stereocenters. The van der Waals surface area contributed by atoms with Crippen molar-refractivity contribution in [2.24, 2.45) is 0 Å². The number of amides is 1. The lowest BCUT2D eigenvalue weighted by Crippen LogP contribution is -2.53. The summed E-state index contributed by atoms with van der Waals surface area (Å²) < 4.78 is 5.10. The number of hydrogen-bond donors (Lipinski definition) is 1. The maximum Gasteiger partial charge on any atom is 0.242 e. The number of nitrogens with zero attached hydrogens (tertiary/aromatic N) is 2. The molecule has 0 unspecified atom stereocenters. The van der Waals surface area contributed by atoms with Gasteiger partial charge in [0.1, 0.15) is 0 Å². The monoisotopic (exact) mass is 257 g/mol. The summed E-state index contributed by atoms with van der Waals surface area (Å²) in [6.07, 6.45) is 1.04. The first-order chi connectivity index (χ1) is 8.51. The first kappa shape index (κ1) is 15.4. The van der Waals surface area contributed by atoms with Gasteiger partial charge in [-0.15, -0.1) is 0 Å². The Hall–Kier alpha value is -0.650. The number of carbonyl (C=O) groups is 1. The van der Waals surface area contributed by atoms with E-state index in [1.807, 2.05) is 25.8 Å². The van der Waals surface area contributed by atoms with Crippen LogP contribution in [0.2, 0.25) is 0 Å². The van der Waals surface area contributed by atoms with Crippen LogP contribution in [0.25, 0.3) is 0 Å². The van der Waals surface area contributed by atoms with Crippen LogP contribution in [-0.4, -0.2) is 74.7 Å². The molecule has 0 aromatic heterocycles. The van der Waals surface area contributed by atoms with Crippen LogP contribution in [0.4, 0.5) is 0 Å². The molecular weight excluding hydrogens is 230 g/mol. The minimum Gasteiger partial charge on any atom is -0.383 e. The van der Waals surface area contributed by atoms with Crippen LogP contribution in [0.5, 0.6) is 0 Å². The molecule has 1 aliphatic rings. The van der Waals surface area contributed by atoms with Crippen LogP contribution in [0.15, 0.2) is 0 Å². The molecule has 0 aliphatic carbocycles. The molecule has 5 nitrogen and oxygen atoms in total. The van der Waals surface area contributed by atoms with Crippen LogP contribution >= 0.6 is 0 Å². The largest absolute Gasteiger partial charge is 0.383 e. The Morgan fingerprint density at radius 3 is 2.61 bits per heavy atom. The van der Waals surface area contributed by atoms with Gasteiger partial charge in [-0.1, -0.05) is 0 Å². The minimum absolute atomic E-state index is 0.193. The van der Waals surface area contributed by atoms with Crippen LogP contribution in [0, 0.1) is 0 Å². The molecule has 0 aromatic rings. The third kappa shape index (κ3) is 4.23. The van der Waals surface area contributed by atoms with Crippen molar-refractivity contribution in [3.8, 4) is 0 Å². The molecule has 18 heavy (non-hydrogen) atoms. The Labute approximate surface area is 110 Å². The van der Waals surface area contributed by atoms with E-state index in [4.69, 9.17) is 4.74 Å². The molecule has 0 aromatic carbocycles. The highest BCUT2D eigenvalue weighted by atomic mass is 16.5. The van der Waals surface area contributed by atoms with Crippen molar-refractivity contribution in [1.82, 2.24) is 15.1 Å². The maximum atomic E-state index is 12.3. The van der Waals surface area contributed by atoms with E-state index in [1.165, 1.54) is 0 Å². The molecule has 1 heterocycles. The molecule has 5 heteroatoms. The number of likely N-dealkylation sites (N-methyl/N-ethyl adjacent to an activating group) is 1. The topological polar surface area (TPSA) is 44.8 Å². The Balaban J connectivity index is 2.49. The summed E-state index contributed by atoms with van der Waals surface area (Å²) in [5.41, 5.74) is -0.471. The SMILES string of the molecule is CNC(C)(C)C(=O)N1CCCN(CCOC)CC1. The normalized spacial score (nSPS) is 18.8. The molecule has 1 fully saturated rings. The van der Waals surface area contributed by atoms with Gasteiger partial charge in [-0.25, -0.2) is 0 Å². The second-order valence-corrected chi connectivity index (χ2v) is 5.36.